The number of furan rings is 1. The molecule has 2 rings (SSSR count). The van der Waals surface area contributed by atoms with E-state index in [9.17, 15) is 0 Å². The second-order valence-electron chi connectivity index (χ2n) is 5.10. The van der Waals surface area contributed by atoms with Gasteiger partial charge in [-0.2, -0.15) is 0 Å². The topological polar surface area (TPSA) is 43.6 Å². The molecule has 4 nitrogen and oxygen atoms in total. The summed E-state index contributed by atoms with van der Waals surface area (Å²) in [6, 6.07) is 2.06. The molecular weight excluding hydrogens is 242 g/mol. The van der Waals surface area contributed by atoms with Gasteiger partial charge in [0.2, 0.25) is 0 Å². The van der Waals surface area contributed by atoms with E-state index in [1.807, 2.05) is 0 Å². The Labute approximate surface area is 115 Å². The highest BCUT2D eigenvalue weighted by atomic mass is 16.5. The summed E-state index contributed by atoms with van der Waals surface area (Å²) < 4.78 is 17.1. The van der Waals surface area contributed by atoms with Crippen molar-refractivity contribution in [3.8, 4) is 0 Å². The first-order chi connectivity index (χ1) is 9.29. The van der Waals surface area contributed by atoms with Gasteiger partial charge in [-0.15, -0.1) is 0 Å². The van der Waals surface area contributed by atoms with Crippen molar-refractivity contribution in [2.75, 3.05) is 19.8 Å². The summed E-state index contributed by atoms with van der Waals surface area (Å²) in [7, 11) is 0. The molecule has 0 amide bonds. The smallest absolute Gasteiger partial charge is 0.130 e. The highest BCUT2D eigenvalue weighted by molar-refractivity contribution is 5.19. The minimum Gasteiger partial charge on any atom is -0.462 e. The molecule has 1 fully saturated rings. The van der Waals surface area contributed by atoms with Crippen LogP contribution in [-0.2, 0) is 22.6 Å². The molecule has 0 saturated carbocycles. The highest BCUT2D eigenvalue weighted by Crippen LogP contribution is 2.17. The number of rotatable bonds is 7. The molecule has 0 bridgehead atoms. The van der Waals surface area contributed by atoms with Crippen LogP contribution in [0.3, 0.4) is 0 Å². The SMILES string of the molecule is CCNCc1oc(COCC2CCCCO2)cc1C. The first kappa shape index (κ1) is 14.6. The van der Waals surface area contributed by atoms with Gasteiger partial charge < -0.3 is 19.2 Å². The summed E-state index contributed by atoms with van der Waals surface area (Å²) in [5.41, 5.74) is 1.19. The van der Waals surface area contributed by atoms with Gasteiger partial charge in [-0.05, 0) is 44.4 Å². The van der Waals surface area contributed by atoms with E-state index in [1.165, 1.54) is 18.4 Å². The van der Waals surface area contributed by atoms with Crippen molar-refractivity contribution in [1.82, 2.24) is 5.32 Å². The van der Waals surface area contributed by atoms with Crippen LogP contribution in [-0.4, -0.2) is 25.9 Å². The van der Waals surface area contributed by atoms with Gasteiger partial charge in [0, 0.05) is 6.61 Å². The minimum atomic E-state index is 0.269. The van der Waals surface area contributed by atoms with Crippen LogP contribution in [0.5, 0.6) is 0 Å². The van der Waals surface area contributed by atoms with Crippen LogP contribution in [0.25, 0.3) is 0 Å². The van der Waals surface area contributed by atoms with Gasteiger partial charge in [0.25, 0.3) is 0 Å². The number of nitrogens with one attached hydrogen (secondary N) is 1. The summed E-state index contributed by atoms with van der Waals surface area (Å²) in [4.78, 5) is 0. The van der Waals surface area contributed by atoms with Gasteiger partial charge in [0.1, 0.15) is 18.1 Å². The molecule has 2 heterocycles. The van der Waals surface area contributed by atoms with Crippen molar-refractivity contribution in [1.29, 1.82) is 0 Å². The third-order valence-electron chi connectivity index (χ3n) is 3.43. The van der Waals surface area contributed by atoms with E-state index in [4.69, 9.17) is 13.9 Å². The number of aryl methyl sites for hydroxylation is 1. The third kappa shape index (κ3) is 4.64. The Morgan fingerprint density at radius 3 is 3.05 bits per heavy atom. The van der Waals surface area contributed by atoms with Gasteiger partial charge in [0.05, 0.1) is 19.3 Å². The van der Waals surface area contributed by atoms with E-state index in [0.29, 0.717) is 13.2 Å². The van der Waals surface area contributed by atoms with Crippen molar-refractivity contribution < 1.29 is 13.9 Å². The maximum atomic E-state index is 5.78. The molecule has 1 aromatic heterocycles. The average Bonchev–Trinajstić information content (AvgIpc) is 2.78. The van der Waals surface area contributed by atoms with E-state index >= 15 is 0 Å². The Morgan fingerprint density at radius 1 is 1.42 bits per heavy atom. The van der Waals surface area contributed by atoms with E-state index in [1.54, 1.807) is 0 Å². The molecule has 0 radical (unpaired) electrons. The first-order valence-electron chi connectivity index (χ1n) is 7.28. The van der Waals surface area contributed by atoms with Crippen LogP contribution < -0.4 is 5.32 Å². The second kappa shape index (κ2) is 7.68. The molecule has 108 valence electrons. The Kier molecular flexibility index (Phi) is 5.89. The molecule has 1 aliphatic rings. The van der Waals surface area contributed by atoms with Gasteiger partial charge in [0.15, 0.2) is 0 Å². The molecule has 1 unspecified atom stereocenters. The maximum Gasteiger partial charge on any atom is 0.130 e. The molecule has 1 aliphatic heterocycles. The summed E-state index contributed by atoms with van der Waals surface area (Å²) in [6.07, 6.45) is 3.82. The molecule has 1 aromatic rings. The molecule has 0 aliphatic carbocycles. The van der Waals surface area contributed by atoms with Crippen LogP contribution in [0.15, 0.2) is 10.5 Å². The van der Waals surface area contributed by atoms with E-state index < -0.39 is 0 Å². The summed E-state index contributed by atoms with van der Waals surface area (Å²) >= 11 is 0. The van der Waals surface area contributed by atoms with E-state index in [2.05, 4.69) is 25.2 Å². The third-order valence-corrected chi connectivity index (χ3v) is 3.43. The average molecular weight is 267 g/mol. The van der Waals surface area contributed by atoms with E-state index in [-0.39, 0.29) is 6.10 Å². The van der Waals surface area contributed by atoms with Crippen LogP contribution in [0.4, 0.5) is 0 Å². The largest absolute Gasteiger partial charge is 0.462 e. The van der Waals surface area contributed by atoms with Gasteiger partial charge >= 0.3 is 0 Å². The fourth-order valence-corrected chi connectivity index (χ4v) is 2.31. The van der Waals surface area contributed by atoms with Crippen molar-refractivity contribution in [3.05, 3.63) is 23.2 Å². The molecule has 1 N–H and O–H groups in total. The number of hydrogen-bond acceptors (Lipinski definition) is 4. The van der Waals surface area contributed by atoms with Gasteiger partial charge in [-0.1, -0.05) is 6.92 Å². The molecule has 1 saturated heterocycles. The number of hydrogen-bond donors (Lipinski definition) is 1. The second-order valence-corrected chi connectivity index (χ2v) is 5.10. The Bertz CT molecular complexity index is 369. The lowest BCUT2D eigenvalue weighted by atomic mass is 10.1. The Balaban J connectivity index is 1.72. The lowest BCUT2D eigenvalue weighted by Crippen LogP contribution is -2.24. The predicted molar refractivity (Wildman–Crippen MR) is 74.1 cm³/mol. The zero-order chi connectivity index (χ0) is 13.5. The normalized spacial score (nSPS) is 19.8. The fraction of sp³-hybridized carbons (Fsp3) is 0.733. The van der Waals surface area contributed by atoms with Crippen LogP contribution in [0, 0.1) is 6.92 Å². The van der Waals surface area contributed by atoms with Gasteiger partial charge in [-0.3, -0.25) is 0 Å². The van der Waals surface area contributed by atoms with Crippen molar-refractivity contribution in [3.63, 3.8) is 0 Å². The quantitative estimate of drug-likeness (QED) is 0.825. The van der Waals surface area contributed by atoms with Crippen LogP contribution >= 0.6 is 0 Å². The highest BCUT2D eigenvalue weighted by Gasteiger charge is 2.14. The van der Waals surface area contributed by atoms with Crippen LogP contribution in [0.1, 0.15) is 43.3 Å². The zero-order valence-corrected chi connectivity index (χ0v) is 12.0. The molecule has 1 atom stereocenters. The number of ether oxygens (including phenoxy) is 2. The monoisotopic (exact) mass is 267 g/mol. The first-order valence-corrected chi connectivity index (χ1v) is 7.28. The van der Waals surface area contributed by atoms with Crippen molar-refractivity contribution >= 4 is 0 Å². The van der Waals surface area contributed by atoms with Gasteiger partial charge in [-0.25, -0.2) is 0 Å². The lowest BCUT2D eigenvalue weighted by molar-refractivity contribution is -0.0473. The Hall–Kier alpha value is -0.840. The van der Waals surface area contributed by atoms with Crippen molar-refractivity contribution in [2.24, 2.45) is 0 Å². The zero-order valence-electron chi connectivity index (χ0n) is 12.0. The summed E-state index contributed by atoms with van der Waals surface area (Å²) in [6.45, 7) is 7.98. The fourth-order valence-electron chi connectivity index (χ4n) is 2.31. The minimum absolute atomic E-state index is 0.269. The lowest BCUT2D eigenvalue weighted by Gasteiger charge is -2.22. The molecule has 0 spiro atoms. The summed E-state index contributed by atoms with van der Waals surface area (Å²) in [5, 5.41) is 3.27. The van der Waals surface area contributed by atoms with Crippen LogP contribution in [0.2, 0.25) is 0 Å². The van der Waals surface area contributed by atoms with Crippen molar-refractivity contribution in [2.45, 2.75) is 52.4 Å². The molecule has 0 aromatic carbocycles. The molecule has 4 heteroatoms. The molecular formula is C15H25NO3. The molecule has 19 heavy (non-hydrogen) atoms. The summed E-state index contributed by atoms with van der Waals surface area (Å²) in [5.74, 6) is 1.91. The predicted octanol–water partition coefficient (Wildman–Crippen LogP) is 2.78. The Morgan fingerprint density at radius 2 is 2.32 bits per heavy atom. The standard InChI is InChI=1S/C15H25NO3/c1-3-16-9-15-12(2)8-14(19-15)11-17-10-13-6-4-5-7-18-13/h8,13,16H,3-7,9-11H2,1-2H3. The van der Waals surface area contributed by atoms with E-state index in [0.717, 1.165) is 37.6 Å². The maximum absolute atomic E-state index is 5.78.